The van der Waals surface area contributed by atoms with Gasteiger partial charge in [-0.25, -0.2) is 4.79 Å². The van der Waals surface area contributed by atoms with Crippen molar-refractivity contribution in [1.82, 2.24) is 15.4 Å². The van der Waals surface area contributed by atoms with Crippen molar-refractivity contribution in [2.75, 3.05) is 14.1 Å². The molecular weight excluding hydrogens is 170 g/mol. The molecule has 2 amide bonds. The van der Waals surface area contributed by atoms with Gasteiger partial charge in [-0.1, -0.05) is 5.16 Å². The maximum atomic E-state index is 11.1. The molecule has 0 atom stereocenters. The Balaban J connectivity index is 2.39. The van der Waals surface area contributed by atoms with Gasteiger partial charge < -0.3 is 14.7 Å². The Labute approximate surface area is 76.7 Å². The molecule has 0 bridgehead atoms. The van der Waals surface area contributed by atoms with E-state index in [-0.39, 0.29) is 6.03 Å². The third kappa shape index (κ3) is 2.77. The lowest BCUT2D eigenvalue weighted by atomic mass is 10.4. The van der Waals surface area contributed by atoms with Gasteiger partial charge in [-0.2, -0.15) is 0 Å². The van der Waals surface area contributed by atoms with E-state index >= 15 is 0 Å². The molecule has 1 rings (SSSR count). The molecule has 1 heterocycles. The molecule has 0 radical (unpaired) electrons. The number of carbonyl (C=O) groups is 1. The lowest BCUT2D eigenvalue weighted by Gasteiger charge is -2.09. The molecule has 0 spiro atoms. The van der Waals surface area contributed by atoms with Crippen LogP contribution in [0.25, 0.3) is 0 Å². The lowest BCUT2D eigenvalue weighted by Crippen LogP contribution is -2.33. The number of urea groups is 1. The number of aryl methyl sites for hydroxylation is 1. The van der Waals surface area contributed by atoms with Crippen LogP contribution in [-0.4, -0.2) is 30.2 Å². The monoisotopic (exact) mass is 183 g/mol. The fourth-order valence-electron chi connectivity index (χ4n) is 0.820. The quantitative estimate of drug-likeness (QED) is 0.736. The Morgan fingerprint density at radius 1 is 1.69 bits per heavy atom. The minimum Gasteiger partial charge on any atom is -0.359 e. The van der Waals surface area contributed by atoms with Crippen molar-refractivity contribution in [2.24, 2.45) is 0 Å². The predicted molar refractivity (Wildman–Crippen MR) is 47.2 cm³/mol. The summed E-state index contributed by atoms with van der Waals surface area (Å²) in [6.45, 7) is 2.21. The zero-order valence-electron chi connectivity index (χ0n) is 8.00. The molecule has 0 aromatic carbocycles. The van der Waals surface area contributed by atoms with Gasteiger partial charge in [-0.3, -0.25) is 0 Å². The van der Waals surface area contributed by atoms with Crippen molar-refractivity contribution in [3.63, 3.8) is 0 Å². The zero-order chi connectivity index (χ0) is 9.84. The first kappa shape index (κ1) is 9.57. The van der Waals surface area contributed by atoms with Gasteiger partial charge in [0, 0.05) is 20.2 Å². The number of nitrogens with zero attached hydrogens (tertiary/aromatic N) is 2. The summed E-state index contributed by atoms with van der Waals surface area (Å²) in [6, 6.07) is 1.64. The second-order valence-corrected chi connectivity index (χ2v) is 2.99. The second-order valence-electron chi connectivity index (χ2n) is 2.99. The zero-order valence-corrected chi connectivity index (χ0v) is 8.00. The third-order valence-corrected chi connectivity index (χ3v) is 1.50. The molecule has 72 valence electrons. The molecule has 0 aliphatic rings. The van der Waals surface area contributed by atoms with Crippen LogP contribution in [0.5, 0.6) is 0 Å². The van der Waals surface area contributed by atoms with E-state index in [4.69, 9.17) is 4.52 Å². The molecule has 0 saturated carbocycles. The minimum atomic E-state index is -0.144. The van der Waals surface area contributed by atoms with E-state index in [2.05, 4.69) is 10.5 Å². The first-order valence-corrected chi connectivity index (χ1v) is 3.97. The number of nitrogens with one attached hydrogen (secondary N) is 1. The van der Waals surface area contributed by atoms with Crippen LogP contribution in [0.3, 0.4) is 0 Å². The van der Waals surface area contributed by atoms with Crippen LogP contribution in [0.4, 0.5) is 4.79 Å². The first-order valence-electron chi connectivity index (χ1n) is 3.97. The van der Waals surface area contributed by atoms with E-state index in [9.17, 15) is 4.79 Å². The molecule has 1 aromatic heterocycles. The summed E-state index contributed by atoms with van der Waals surface area (Å²) in [6.07, 6.45) is 0. The normalized spacial score (nSPS) is 9.77. The van der Waals surface area contributed by atoms with Crippen molar-refractivity contribution in [3.8, 4) is 0 Å². The van der Waals surface area contributed by atoms with Crippen LogP contribution in [0, 0.1) is 6.92 Å². The maximum absolute atomic E-state index is 11.1. The average molecular weight is 183 g/mol. The largest absolute Gasteiger partial charge is 0.359 e. The van der Waals surface area contributed by atoms with Crippen molar-refractivity contribution in [2.45, 2.75) is 13.5 Å². The second kappa shape index (κ2) is 3.93. The Bertz CT molecular complexity index is 293. The highest BCUT2D eigenvalue weighted by Gasteiger charge is 2.04. The molecule has 5 heteroatoms. The van der Waals surface area contributed by atoms with Crippen LogP contribution in [0.15, 0.2) is 10.6 Å². The Morgan fingerprint density at radius 2 is 2.38 bits per heavy atom. The van der Waals surface area contributed by atoms with Crippen LogP contribution in [0.1, 0.15) is 11.5 Å². The summed E-state index contributed by atoms with van der Waals surface area (Å²) in [7, 11) is 3.36. The van der Waals surface area contributed by atoms with E-state index in [1.807, 2.05) is 6.92 Å². The molecule has 13 heavy (non-hydrogen) atoms. The van der Waals surface area contributed by atoms with E-state index < -0.39 is 0 Å². The Kier molecular flexibility index (Phi) is 2.89. The van der Waals surface area contributed by atoms with Gasteiger partial charge >= 0.3 is 6.03 Å². The highest BCUT2D eigenvalue weighted by Crippen LogP contribution is 2.00. The standard InChI is InChI=1S/C8H13N3O2/c1-6-4-7(13-10-6)5-9-8(12)11(2)3/h4H,5H2,1-3H3,(H,9,12). The van der Waals surface area contributed by atoms with E-state index in [0.29, 0.717) is 12.3 Å². The summed E-state index contributed by atoms with van der Waals surface area (Å²) in [5.41, 5.74) is 0.814. The molecule has 0 aliphatic heterocycles. The smallest absolute Gasteiger partial charge is 0.317 e. The summed E-state index contributed by atoms with van der Waals surface area (Å²) >= 11 is 0. The highest BCUT2D eigenvalue weighted by molar-refractivity contribution is 5.73. The van der Waals surface area contributed by atoms with Crippen LogP contribution in [0.2, 0.25) is 0 Å². The minimum absolute atomic E-state index is 0.144. The summed E-state index contributed by atoms with van der Waals surface area (Å²) in [5, 5.41) is 6.36. The molecule has 1 aromatic rings. The van der Waals surface area contributed by atoms with Gasteiger partial charge in [0.2, 0.25) is 0 Å². The maximum Gasteiger partial charge on any atom is 0.317 e. The summed E-state index contributed by atoms with van der Waals surface area (Å²) < 4.78 is 4.91. The molecular formula is C8H13N3O2. The van der Waals surface area contributed by atoms with Crippen molar-refractivity contribution < 1.29 is 9.32 Å². The van der Waals surface area contributed by atoms with Crippen LogP contribution < -0.4 is 5.32 Å². The van der Waals surface area contributed by atoms with E-state index in [1.54, 1.807) is 20.2 Å². The Morgan fingerprint density at radius 3 is 2.85 bits per heavy atom. The van der Waals surface area contributed by atoms with Crippen LogP contribution in [-0.2, 0) is 6.54 Å². The van der Waals surface area contributed by atoms with Crippen molar-refractivity contribution >= 4 is 6.03 Å². The Hall–Kier alpha value is -1.52. The lowest BCUT2D eigenvalue weighted by molar-refractivity contribution is 0.215. The van der Waals surface area contributed by atoms with Gasteiger partial charge in [-0.15, -0.1) is 0 Å². The molecule has 0 unspecified atom stereocenters. The van der Waals surface area contributed by atoms with Gasteiger partial charge in [-0.05, 0) is 6.92 Å². The third-order valence-electron chi connectivity index (χ3n) is 1.50. The topological polar surface area (TPSA) is 58.4 Å². The number of hydrogen-bond acceptors (Lipinski definition) is 3. The predicted octanol–water partition coefficient (Wildman–Crippen LogP) is 0.754. The van der Waals surface area contributed by atoms with Gasteiger partial charge in [0.05, 0.1) is 12.2 Å². The number of aromatic nitrogens is 1. The molecule has 5 nitrogen and oxygen atoms in total. The van der Waals surface area contributed by atoms with E-state index in [0.717, 1.165) is 5.69 Å². The van der Waals surface area contributed by atoms with Gasteiger partial charge in [0.1, 0.15) is 0 Å². The van der Waals surface area contributed by atoms with Crippen LogP contribution >= 0.6 is 0 Å². The number of amides is 2. The molecule has 0 saturated heterocycles. The molecule has 1 N–H and O–H groups in total. The van der Waals surface area contributed by atoms with E-state index in [1.165, 1.54) is 4.90 Å². The highest BCUT2D eigenvalue weighted by atomic mass is 16.5. The molecule has 0 aliphatic carbocycles. The average Bonchev–Trinajstić information content (AvgIpc) is 2.47. The van der Waals surface area contributed by atoms with Gasteiger partial charge in [0.15, 0.2) is 5.76 Å². The van der Waals surface area contributed by atoms with Crippen molar-refractivity contribution in [3.05, 3.63) is 17.5 Å². The molecule has 0 fully saturated rings. The fourth-order valence-corrected chi connectivity index (χ4v) is 0.820. The summed E-state index contributed by atoms with van der Waals surface area (Å²) in [4.78, 5) is 12.5. The van der Waals surface area contributed by atoms with Crippen molar-refractivity contribution in [1.29, 1.82) is 0 Å². The first-order chi connectivity index (χ1) is 6.09. The number of carbonyl (C=O) groups excluding carboxylic acids is 1. The summed E-state index contributed by atoms with van der Waals surface area (Å²) in [5.74, 6) is 0.660. The fraction of sp³-hybridized carbons (Fsp3) is 0.500. The number of rotatable bonds is 2. The van der Waals surface area contributed by atoms with Gasteiger partial charge in [0.25, 0.3) is 0 Å². The SMILES string of the molecule is Cc1cc(CNC(=O)N(C)C)on1. The number of hydrogen-bond donors (Lipinski definition) is 1.